The van der Waals surface area contributed by atoms with E-state index in [0.29, 0.717) is 22.5 Å². The van der Waals surface area contributed by atoms with Gasteiger partial charge in [-0.25, -0.2) is 9.18 Å². The number of fused-ring (bicyclic) bond motifs is 1. The van der Waals surface area contributed by atoms with Gasteiger partial charge in [-0.15, -0.1) is 0 Å². The molecule has 6 heteroatoms. The molecule has 0 saturated carbocycles. The summed E-state index contributed by atoms with van der Waals surface area (Å²) in [5, 5.41) is 3.41. The average molecular weight is 380 g/mol. The van der Waals surface area contributed by atoms with Crippen molar-refractivity contribution < 1.29 is 18.7 Å². The molecule has 1 heterocycles. The number of aryl methyl sites for hydroxylation is 3. The number of hydrogen-bond acceptors (Lipinski definition) is 4. The molecule has 1 N–H and O–H groups in total. The Hall–Kier alpha value is -3.28. The lowest BCUT2D eigenvalue weighted by Gasteiger charge is -2.16. The molecule has 3 rings (SSSR count). The Balaban J connectivity index is 1.77. The van der Waals surface area contributed by atoms with Crippen LogP contribution in [0.1, 0.15) is 34.1 Å². The highest BCUT2D eigenvalue weighted by atomic mass is 19.1. The second-order valence-electron chi connectivity index (χ2n) is 6.72. The van der Waals surface area contributed by atoms with E-state index in [4.69, 9.17) is 4.74 Å². The maximum absolute atomic E-state index is 13.6. The number of benzene rings is 2. The number of rotatable bonds is 4. The summed E-state index contributed by atoms with van der Waals surface area (Å²) in [5.41, 5.74) is 3.21. The minimum atomic E-state index is -1.05. The molecule has 1 amide bonds. The van der Waals surface area contributed by atoms with Crippen molar-refractivity contribution in [2.24, 2.45) is 0 Å². The molecule has 1 atom stereocenters. The van der Waals surface area contributed by atoms with Gasteiger partial charge >= 0.3 is 5.97 Å². The first-order chi connectivity index (χ1) is 13.3. The van der Waals surface area contributed by atoms with Crippen LogP contribution < -0.4 is 5.32 Å². The Kier molecular flexibility index (Phi) is 5.40. The molecule has 0 spiro atoms. The molecule has 0 aliphatic heterocycles. The van der Waals surface area contributed by atoms with Crippen LogP contribution >= 0.6 is 0 Å². The molecule has 3 aromatic rings. The summed E-state index contributed by atoms with van der Waals surface area (Å²) in [4.78, 5) is 29.5. The van der Waals surface area contributed by atoms with Crippen LogP contribution in [0.2, 0.25) is 0 Å². The number of pyridine rings is 1. The van der Waals surface area contributed by atoms with E-state index in [9.17, 15) is 14.0 Å². The first-order valence-corrected chi connectivity index (χ1v) is 8.92. The van der Waals surface area contributed by atoms with E-state index in [-0.39, 0.29) is 0 Å². The van der Waals surface area contributed by atoms with Crippen molar-refractivity contribution in [1.82, 2.24) is 4.98 Å². The molecule has 0 radical (unpaired) electrons. The largest absolute Gasteiger partial charge is 0.449 e. The van der Waals surface area contributed by atoms with Crippen molar-refractivity contribution in [3.05, 3.63) is 70.7 Å². The third-order valence-electron chi connectivity index (χ3n) is 4.63. The summed E-state index contributed by atoms with van der Waals surface area (Å²) in [5.74, 6) is -1.58. The van der Waals surface area contributed by atoms with Gasteiger partial charge in [-0.3, -0.25) is 9.78 Å². The minimum Gasteiger partial charge on any atom is -0.449 e. The molecule has 0 saturated heterocycles. The lowest BCUT2D eigenvalue weighted by molar-refractivity contribution is -0.123. The van der Waals surface area contributed by atoms with Crippen LogP contribution in [-0.4, -0.2) is 23.0 Å². The van der Waals surface area contributed by atoms with E-state index in [1.54, 1.807) is 26.0 Å². The molecular weight excluding hydrogens is 359 g/mol. The number of para-hydroxylation sites is 1. The number of nitrogens with zero attached hydrogens (tertiary/aromatic N) is 1. The van der Waals surface area contributed by atoms with Crippen LogP contribution in [0.5, 0.6) is 0 Å². The van der Waals surface area contributed by atoms with Gasteiger partial charge in [0.1, 0.15) is 5.82 Å². The van der Waals surface area contributed by atoms with Gasteiger partial charge in [-0.1, -0.05) is 24.3 Å². The molecule has 0 aliphatic carbocycles. The summed E-state index contributed by atoms with van der Waals surface area (Å²) < 4.78 is 19.0. The number of esters is 1. The lowest BCUT2D eigenvalue weighted by atomic mass is 10.0. The summed E-state index contributed by atoms with van der Waals surface area (Å²) in [6.07, 6.45) is -1.05. The summed E-state index contributed by atoms with van der Waals surface area (Å²) in [6.45, 7) is 6.66. The predicted octanol–water partition coefficient (Wildman–Crippen LogP) is 4.48. The van der Waals surface area contributed by atoms with Gasteiger partial charge in [0.25, 0.3) is 5.91 Å². The number of aromatic nitrogens is 1. The molecule has 0 bridgehead atoms. The number of halogens is 1. The van der Waals surface area contributed by atoms with Gasteiger partial charge in [-0.05, 0) is 57.0 Å². The van der Waals surface area contributed by atoms with Gasteiger partial charge in [0, 0.05) is 11.1 Å². The Morgan fingerprint density at radius 1 is 1.11 bits per heavy atom. The number of carbonyl (C=O) groups is 2. The molecule has 5 nitrogen and oxygen atoms in total. The van der Waals surface area contributed by atoms with Gasteiger partial charge in [0.2, 0.25) is 0 Å². The number of anilines is 1. The third-order valence-corrected chi connectivity index (χ3v) is 4.63. The molecule has 0 fully saturated rings. The van der Waals surface area contributed by atoms with Crippen molar-refractivity contribution in [2.75, 3.05) is 5.32 Å². The van der Waals surface area contributed by atoms with Crippen LogP contribution in [0.15, 0.2) is 42.5 Å². The van der Waals surface area contributed by atoms with E-state index in [1.807, 2.05) is 31.2 Å². The molecule has 1 aromatic heterocycles. The van der Waals surface area contributed by atoms with Crippen LogP contribution in [0.4, 0.5) is 10.1 Å². The zero-order chi connectivity index (χ0) is 20.4. The highest BCUT2D eigenvalue weighted by Gasteiger charge is 2.23. The number of hydrogen-bond donors (Lipinski definition) is 1. The number of ether oxygens (including phenoxy) is 1. The second kappa shape index (κ2) is 7.76. The average Bonchev–Trinajstić information content (AvgIpc) is 2.64. The van der Waals surface area contributed by atoms with Gasteiger partial charge < -0.3 is 10.1 Å². The van der Waals surface area contributed by atoms with Crippen molar-refractivity contribution in [1.29, 1.82) is 0 Å². The summed E-state index contributed by atoms with van der Waals surface area (Å²) in [7, 11) is 0. The Bertz CT molecular complexity index is 1080. The topological polar surface area (TPSA) is 68.3 Å². The molecule has 1 unspecified atom stereocenters. The predicted molar refractivity (Wildman–Crippen MR) is 106 cm³/mol. The number of nitrogens with one attached hydrogen (secondary N) is 1. The normalized spacial score (nSPS) is 11.9. The molecule has 28 heavy (non-hydrogen) atoms. The third kappa shape index (κ3) is 3.86. The SMILES string of the molecule is Cc1ccc(NC(=O)C(C)OC(=O)c2c(C)nc3ccccc3c2C)cc1F. The van der Waals surface area contributed by atoms with Crippen LogP contribution in [0.3, 0.4) is 0 Å². The van der Waals surface area contributed by atoms with Crippen molar-refractivity contribution in [3.8, 4) is 0 Å². The Labute approximate surface area is 162 Å². The van der Waals surface area contributed by atoms with Gasteiger partial charge in [-0.2, -0.15) is 0 Å². The van der Waals surface area contributed by atoms with Crippen LogP contribution in [-0.2, 0) is 9.53 Å². The summed E-state index contributed by atoms with van der Waals surface area (Å²) in [6, 6.07) is 11.9. The first kappa shape index (κ1) is 19.5. The molecular formula is C22H21FN2O3. The minimum absolute atomic E-state index is 0.302. The van der Waals surface area contributed by atoms with E-state index in [2.05, 4.69) is 10.3 Å². The zero-order valence-corrected chi connectivity index (χ0v) is 16.2. The maximum atomic E-state index is 13.6. The monoisotopic (exact) mass is 380 g/mol. The Morgan fingerprint density at radius 3 is 2.54 bits per heavy atom. The van der Waals surface area contributed by atoms with Crippen molar-refractivity contribution >= 4 is 28.5 Å². The highest BCUT2D eigenvalue weighted by Crippen LogP contribution is 2.23. The smallest absolute Gasteiger partial charge is 0.341 e. The lowest BCUT2D eigenvalue weighted by Crippen LogP contribution is -2.30. The number of amides is 1. The highest BCUT2D eigenvalue weighted by molar-refractivity contribution is 6.01. The fourth-order valence-corrected chi connectivity index (χ4v) is 3.02. The fraction of sp³-hybridized carbons (Fsp3) is 0.227. The van der Waals surface area contributed by atoms with Crippen LogP contribution in [0, 0.1) is 26.6 Å². The maximum Gasteiger partial charge on any atom is 0.341 e. The van der Waals surface area contributed by atoms with Crippen LogP contribution in [0.25, 0.3) is 10.9 Å². The molecule has 0 aliphatic rings. The van der Waals surface area contributed by atoms with Crippen molar-refractivity contribution in [3.63, 3.8) is 0 Å². The number of carbonyl (C=O) groups excluding carboxylic acids is 2. The van der Waals surface area contributed by atoms with E-state index in [0.717, 1.165) is 16.5 Å². The summed E-state index contributed by atoms with van der Waals surface area (Å²) >= 11 is 0. The molecule has 144 valence electrons. The van der Waals surface area contributed by atoms with E-state index >= 15 is 0 Å². The fourth-order valence-electron chi connectivity index (χ4n) is 3.02. The first-order valence-electron chi connectivity index (χ1n) is 8.92. The van der Waals surface area contributed by atoms with Crippen molar-refractivity contribution in [2.45, 2.75) is 33.8 Å². The Morgan fingerprint density at radius 2 is 1.82 bits per heavy atom. The second-order valence-corrected chi connectivity index (χ2v) is 6.72. The standard InChI is InChI=1S/C22H21FN2O3/c1-12-9-10-16(11-18(12)23)25-21(26)15(4)28-22(27)20-13(2)17-7-5-6-8-19(17)24-14(20)3/h5-11,15H,1-4H3,(H,25,26). The van der Waals surface area contributed by atoms with Gasteiger partial charge in [0.05, 0.1) is 16.8 Å². The van der Waals surface area contributed by atoms with Gasteiger partial charge in [0.15, 0.2) is 6.10 Å². The zero-order valence-electron chi connectivity index (χ0n) is 16.2. The van der Waals surface area contributed by atoms with E-state index < -0.39 is 23.8 Å². The van der Waals surface area contributed by atoms with E-state index in [1.165, 1.54) is 13.0 Å². The molecule has 2 aromatic carbocycles. The quantitative estimate of drug-likeness (QED) is 0.678.